The van der Waals surface area contributed by atoms with Crippen molar-refractivity contribution in [1.82, 2.24) is 0 Å². The van der Waals surface area contributed by atoms with Crippen LogP contribution in [0.5, 0.6) is 0 Å². The fourth-order valence-corrected chi connectivity index (χ4v) is 3.67. The second-order valence-corrected chi connectivity index (χ2v) is 6.16. The minimum atomic E-state index is -3.25. The molecule has 16 heavy (non-hydrogen) atoms. The summed E-state index contributed by atoms with van der Waals surface area (Å²) in [6, 6.07) is 0. The van der Waals surface area contributed by atoms with E-state index in [2.05, 4.69) is 0 Å². The van der Waals surface area contributed by atoms with Gasteiger partial charge in [-0.1, -0.05) is 0 Å². The van der Waals surface area contributed by atoms with Crippen LogP contribution < -0.4 is 0 Å². The molecular formula is C10H18O5S. The van der Waals surface area contributed by atoms with Gasteiger partial charge in [0.05, 0.1) is 30.1 Å². The molecule has 0 N–H and O–H groups in total. The number of ether oxygens (including phenoxy) is 2. The summed E-state index contributed by atoms with van der Waals surface area (Å²) in [5, 5.41) is -0.470. The summed E-state index contributed by atoms with van der Waals surface area (Å²) in [6.07, 6.45) is 0.179. The van der Waals surface area contributed by atoms with Crippen LogP contribution in [0.2, 0.25) is 0 Å². The third-order valence-corrected chi connectivity index (χ3v) is 4.98. The number of sulfone groups is 1. The molecule has 0 saturated carbocycles. The Morgan fingerprint density at radius 3 is 2.69 bits per heavy atom. The molecule has 94 valence electrons. The van der Waals surface area contributed by atoms with Gasteiger partial charge in [-0.3, -0.25) is 4.79 Å². The average molecular weight is 250 g/mol. The fraction of sp³-hybridized carbons (Fsp3) is 0.900. The molecule has 1 rings (SSSR count). The van der Waals surface area contributed by atoms with Crippen molar-refractivity contribution in [3.8, 4) is 0 Å². The summed E-state index contributed by atoms with van der Waals surface area (Å²) in [7, 11) is -3.25. The van der Waals surface area contributed by atoms with Crippen LogP contribution in [0, 0.1) is 0 Å². The zero-order valence-electron chi connectivity index (χ0n) is 9.64. The highest BCUT2D eigenvalue weighted by Gasteiger charge is 2.35. The van der Waals surface area contributed by atoms with Crippen molar-refractivity contribution in [1.29, 1.82) is 0 Å². The van der Waals surface area contributed by atoms with Crippen molar-refractivity contribution < 1.29 is 22.7 Å². The summed E-state index contributed by atoms with van der Waals surface area (Å²) >= 11 is 0. The van der Waals surface area contributed by atoms with Crippen LogP contribution in [0.4, 0.5) is 0 Å². The molecule has 1 heterocycles. The van der Waals surface area contributed by atoms with E-state index in [0.717, 1.165) is 0 Å². The number of carbonyl (C=O) groups is 1. The Labute approximate surface area is 96.0 Å². The first kappa shape index (κ1) is 13.4. The number of hydrogen-bond donors (Lipinski definition) is 0. The maximum absolute atomic E-state index is 11.9. The lowest BCUT2D eigenvalue weighted by atomic mass is 10.3. The van der Waals surface area contributed by atoms with Crippen LogP contribution >= 0.6 is 0 Å². The lowest BCUT2D eigenvalue weighted by molar-refractivity contribution is -0.142. The summed E-state index contributed by atoms with van der Waals surface area (Å²) in [6.45, 7) is 4.20. The van der Waals surface area contributed by atoms with E-state index in [0.29, 0.717) is 13.0 Å². The Balaban J connectivity index is 2.49. The summed E-state index contributed by atoms with van der Waals surface area (Å²) in [5.41, 5.74) is 0. The minimum absolute atomic E-state index is 0.0700. The molecular weight excluding hydrogens is 232 g/mol. The zero-order chi connectivity index (χ0) is 12.2. The Morgan fingerprint density at radius 2 is 2.19 bits per heavy atom. The Hall–Kier alpha value is -0.620. The van der Waals surface area contributed by atoms with E-state index in [9.17, 15) is 13.2 Å². The molecule has 5 nitrogen and oxygen atoms in total. The highest BCUT2D eigenvalue weighted by atomic mass is 32.2. The first-order valence-corrected chi connectivity index (χ1v) is 7.17. The third kappa shape index (κ3) is 3.45. The van der Waals surface area contributed by atoms with Crippen molar-refractivity contribution in [3.05, 3.63) is 0 Å². The molecule has 1 fully saturated rings. The fourth-order valence-electron chi connectivity index (χ4n) is 1.79. The van der Waals surface area contributed by atoms with E-state index in [1.165, 1.54) is 0 Å². The van der Waals surface area contributed by atoms with Gasteiger partial charge in [-0.15, -0.1) is 0 Å². The number of rotatable bonds is 5. The van der Waals surface area contributed by atoms with Crippen LogP contribution in [0.3, 0.4) is 0 Å². The van der Waals surface area contributed by atoms with Gasteiger partial charge in [-0.25, -0.2) is 8.42 Å². The largest absolute Gasteiger partial charge is 0.466 e. The quantitative estimate of drug-likeness (QED) is 0.666. The van der Waals surface area contributed by atoms with Gasteiger partial charge in [0, 0.05) is 6.61 Å². The molecule has 0 radical (unpaired) electrons. The molecule has 0 aromatic heterocycles. The smallest absolute Gasteiger partial charge is 0.306 e. The van der Waals surface area contributed by atoms with E-state index in [-0.39, 0.29) is 24.9 Å². The summed E-state index contributed by atoms with van der Waals surface area (Å²) < 4.78 is 33.6. The predicted molar refractivity (Wildman–Crippen MR) is 58.9 cm³/mol. The van der Waals surface area contributed by atoms with Crippen LogP contribution in [0.15, 0.2) is 0 Å². The minimum Gasteiger partial charge on any atom is -0.466 e. The van der Waals surface area contributed by atoms with Crippen molar-refractivity contribution in [2.75, 3.05) is 19.0 Å². The lowest BCUT2D eigenvalue weighted by Crippen LogP contribution is -2.31. The molecule has 0 amide bonds. The molecule has 1 saturated heterocycles. The normalized spacial score (nSPS) is 25.6. The van der Waals surface area contributed by atoms with Gasteiger partial charge in [0.25, 0.3) is 0 Å². The van der Waals surface area contributed by atoms with Crippen LogP contribution in [0.25, 0.3) is 0 Å². The Kier molecular flexibility index (Phi) is 4.73. The van der Waals surface area contributed by atoms with Gasteiger partial charge in [-0.05, 0) is 20.3 Å². The first-order valence-electron chi connectivity index (χ1n) is 5.46. The Bertz CT molecular complexity index is 335. The van der Waals surface area contributed by atoms with Crippen LogP contribution in [-0.2, 0) is 24.1 Å². The van der Waals surface area contributed by atoms with Gasteiger partial charge in [0.2, 0.25) is 0 Å². The van der Waals surface area contributed by atoms with Gasteiger partial charge in [0.15, 0.2) is 9.84 Å². The number of esters is 1. The maximum atomic E-state index is 11.9. The molecule has 1 aliphatic rings. The van der Waals surface area contributed by atoms with E-state index in [4.69, 9.17) is 9.47 Å². The molecule has 0 aliphatic carbocycles. The third-order valence-electron chi connectivity index (χ3n) is 2.66. The van der Waals surface area contributed by atoms with Crippen molar-refractivity contribution >= 4 is 15.8 Å². The molecule has 0 aromatic carbocycles. The highest BCUT2D eigenvalue weighted by molar-refractivity contribution is 7.92. The van der Waals surface area contributed by atoms with Crippen molar-refractivity contribution in [2.45, 2.75) is 38.0 Å². The highest BCUT2D eigenvalue weighted by Crippen LogP contribution is 2.21. The topological polar surface area (TPSA) is 69.7 Å². The van der Waals surface area contributed by atoms with E-state index < -0.39 is 21.1 Å². The standard InChI is InChI=1S/C10H18O5S/c1-3-14-10(11)5-7-16(12,13)9-4-6-15-8(9)2/h8-9H,3-7H2,1-2H3. The monoisotopic (exact) mass is 250 g/mol. The summed E-state index contributed by atoms with van der Waals surface area (Å²) in [5.74, 6) is -0.609. The maximum Gasteiger partial charge on any atom is 0.306 e. The van der Waals surface area contributed by atoms with Gasteiger partial charge >= 0.3 is 5.97 Å². The number of carbonyl (C=O) groups excluding carboxylic acids is 1. The molecule has 2 unspecified atom stereocenters. The molecule has 0 aromatic rings. The predicted octanol–water partition coefficient (Wildman–Crippen LogP) is 0.532. The zero-order valence-corrected chi connectivity index (χ0v) is 10.5. The molecule has 0 spiro atoms. The Morgan fingerprint density at radius 1 is 1.50 bits per heavy atom. The molecule has 0 bridgehead atoms. The molecule has 1 aliphatic heterocycles. The lowest BCUT2D eigenvalue weighted by Gasteiger charge is -2.14. The van der Waals surface area contributed by atoms with Crippen molar-refractivity contribution in [2.24, 2.45) is 0 Å². The molecule has 6 heteroatoms. The van der Waals surface area contributed by atoms with Crippen LogP contribution in [-0.4, -0.2) is 44.7 Å². The second-order valence-electron chi connectivity index (χ2n) is 3.83. The SMILES string of the molecule is CCOC(=O)CCS(=O)(=O)C1CCOC1C. The van der Waals surface area contributed by atoms with E-state index in [1.807, 2.05) is 0 Å². The average Bonchev–Trinajstić information content (AvgIpc) is 2.63. The van der Waals surface area contributed by atoms with Gasteiger partial charge in [-0.2, -0.15) is 0 Å². The van der Waals surface area contributed by atoms with Crippen LogP contribution in [0.1, 0.15) is 26.7 Å². The molecule has 2 atom stereocenters. The number of hydrogen-bond acceptors (Lipinski definition) is 5. The first-order chi connectivity index (χ1) is 7.47. The second kappa shape index (κ2) is 5.63. The van der Waals surface area contributed by atoms with Gasteiger partial charge < -0.3 is 9.47 Å². The van der Waals surface area contributed by atoms with Crippen molar-refractivity contribution in [3.63, 3.8) is 0 Å². The van der Waals surface area contributed by atoms with Gasteiger partial charge in [0.1, 0.15) is 0 Å². The van der Waals surface area contributed by atoms with E-state index in [1.54, 1.807) is 13.8 Å². The summed E-state index contributed by atoms with van der Waals surface area (Å²) in [4.78, 5) is 11.1. The van der Waals surface area contributed by atoms with E-state index >= 15 is 0 Å².